The molecular formula is C17H14N4O. The Morgan fingerprint density at radius 3 is 2.73 bits per heavy atom. The van der Waals surface area contributed by atoms with E-state index in [1.165, 1.54) is 0 Å². The zero-order chi connectivity index (χ0) is 14.9. The molecular weight excluding hydrogens is 276 g/mol. The van der Waals surface area contributed by atoms with Crippen molar-refractivity contribution in [1.82, 2.24) is 15.2 Å². The van der Waals surface area contributed by atoms with E-state index in [4.69, 9.17) is 9.72 Å². The van der Waals surface area contributed by atoms with Gasteiger partial charge in [-0.1, -0.05) is 24.3 Å². The molecule has 2 aromatic carbocycles. The fourth-order valence-corrected chi connectivity index (χ4v) is 2.63. The summed E-state index contributed by atoms with van der Waals surface area (Å²) in [4.78, 5) is 4.72. The largest absolute Gasteiger partial charge is 0.496 e. The summed E-state index contributed by atoms with van der Waals surface area (Å²) in [6, 6.07) is 15.8. The molecule has 0 saturated heterocycles. The highest BCUT2D eigenvalue weighted by molar-refractivity contribution is 6.11. The number of nitrogens with one attached hydrogen (secondary N) is 2. The monoisotopic (exact) mass is 290 g/mol. The number of hydrogen-bond donors (Lipinski definition) is 2. The van der Waals surface area contributed by atoms with Gasteiger partial charge in [0.05, 0.1) is 24.2 Å². The van der Waals surface area contributed by atoms with Gasteiger partial charge in [0.15, 0.2) is 5.82 Å². The highest BCUT2D eigenvalue weighted by atomic mass is 16.5. The highest BCUT2D eigenvalue weighted by Gasteiger charge is 2.13. The Bertz CT molecular complexity index is 947. The van der Waals surface area contributed by atoms with Crippen LogP contribution in [0.5, 0.6) is 5.75 Å². The average molecular weight is 290 g/mol. The molecule has 0 spiro atoms. The number of ether oxygens (including phenoxy) is 1. The van der Waals surface area contributed by atoms with E-state index in [-0.39, 0.29) is 0 Å². The number of H-pyrrole nitrogens is 1. The molecule has 0 atom stereocenters. The summed E-state index contributed by atoms with van der Waals surface area (Å²) in [6.45, 7) is 0. The van der Waals surface area contributed by atoms with E-state index in [0.29, 0.717) is 0 Å². The number of benzene rings is 2. The number of para-hydroxylation sites is 1. The van der Waals surface area contributed by atoms with Crippen LogP contribution in [0.25, 0.3) is 21.8 Å². The van der Waals surface area contributed by atoms with E-state index in [2.05, 4.69) is 15.5 Å². The lowest BCUT2D eigenvalue weighted by molar-refractivity contribution is 0.420. The van der Waals surface area contributed by atoms with Crippen molar-refractivity contribution < 1.29 is 4.74 Å². The van der Waals surface area contributed by atoms with Gasteiger partial charge in [0.1, 0.15) is 11.3 Å². The van der Waals surface area contributed by atoms with Crippen molar-refractivity contribution in [2.75, 3.05) is 12.4 Å². The summed E-state index contributed by atoms with van der Waals surface area (Å²) in [5, 5.41) is 12.5. The fraction of sp³-hybridized carbons (Fsp3) is 0.0588. The van der Waals surface area contributed by atoms with Crippen molar-refractivity contribution in [3.63, 3.8) is 0 Å². The van der Waals surface area contributed by atoms with Crippen LogP contribution >= 0.6 is 0 Å². The lowest BCUT2D eigenvalue weighted by atomic mass is 10.1. The predicted octanol–water partition coefficient (Wildman–Crippen LogP) is 3.86. The van der Waals surface area contributed by atoms with Gasteiger partial charge in [0.2, 0.25) is 0 Å². The SMILES string of the molecule is COc1cccc2nc(Nc3ccccc3)c3[nH]ncc3c12. The van der Waals surface area contributed by atoms with Crippen LogP contribution in [0.15, 0.2) is 54.7 Å². The van der Waals surface area contributed by atoms with Gasteiger partial charge in [0.25, 0.3) is 0 Å². The Morgan fingerprint density at radius 1 is 1.05 bits per heavy atom. The maximum Gasteiger partial charge on any atom is 0.157 e. The minimum Gasteiger partial charge on any atom is -0.496 e. The summed E-state index contributed by atoms with van der Waals surface area (Å²) >= 11 is 0. The van der Waals surface area contributed by atoms with Crippen LogP contribution in [0.4, 0.5) is 11.5 Å². The Kier molecular flexibility index (Phi) is 2.89. The molecule has 0 radical (unpaired) electrons. The number of nitrogens with zero attached hydrogens (tertiary/aromatic N) is 2. The summed E-state index contributed by atoms with van der Waals surface area (Å²) in [7, 11) is 1.66. The third kappa shape index (κ3) is 1.95. The number of rotatable bonds is 3. The summed E-state index contributed by atoms with van der Waals surface area (Å²) < 4.78 is 5.46. The molecule has 0 aliphatic carbocycles. The van der Waals surface area contributed by atoms with Crippen molar-refractivity contribution in [2.24, 2.45) is 0 Å². The third-order valence-corrected chi connectivity index (χ3v) is 3.64. The van der Waals surface area contributed by atoms with E-state index in [1.807, 2.05) is 48.5 Å². The predicted molar refractivity (Wildman–Crippen MR) is 87.7 cm³/mol. The van der Waals surface area contributed by atoms with Crippen LogP contribution in [-0.2, 0) is 0 Å². The Hall–Kier alpha value is -3.08. The normalized spacial score (nSPS) is 11.0. The standard InChI is InChI=1S/C17H14N4O/c1-22-14-9-5-8-13-15(14)12-10-18-21-16(12)17(20-13)19-11-6-3-2-4-7-11/h2-10H,1H3,(H,18,21)(H,19,20). The second kappa shape index (κ2) is 5.04. The molecule has 4 rings (SSSR count). The molecule has 5 nitrogen and oxygen atoms in total. The number of aromatic amines is 1. The summed E-state index contributed by atoms with van der Waals surface area (Å²) in [5.41, 5.74) is 2.71. The van der Waals surface area contributed by atoms with Gasteiger partial charge in [-0.05, 0) is 24.3 Å². The molecule has 0 aliphatic rings. The lowest BCUT2D eigenvalue weighted by Crippen LogP contribution is -1.96. The first-order valence-electron chi connectivity index (χ1n) is 6.98. The number of pyridine rings is 1. The Labute approximate surface area is 126 Å². The van der Waals surface area contributed by atoms with E-state index in [9.17, 15) is 0 Å². The topological polar surface area (TPSA) is 62.8 Å². The molecule has 0 amide bonds. The summed E-state index contributed by atoms with van der Waals surface area (Å²) in [5.74, 6) is 1.54. The van der Waals surface area contributed by atoms with Gasteiger partial charge in [-0.3, -0.25) is 5.10 Å². The Balaban J connectivity index is 1.97. The fourth-order valence-electron chi connectivity index (χ4n) is 2.63. The first-order valence-corrected chi connectivity index (χ1v) is 6.98. The molecule has 0 fully saturated rings. The van der Waals surface area contributed by atoms with Crippen LogP contribution < -0.4 is 10.1 Å². The van der Waals surface area contributed by atoms with Crippen molar-refractivity contribution >= 4 is 33.3 Å². The second-order valence-electron chi connectivity index (χ2n) is 4.96. The van der Waals surface area contributed by atoms with Crippen LogP contribution in [0.1, 0.15) is 0 Å². The molecule has 2 N–H and O–H groups in total. The van der Waals surface area contributed by atoms with Gasteiger partial charge in [-0.2, -0.15) is 5.10 Å². The number of aromatic nitrogens is 3. The number of methoxy groups -OCH3 is 1. The Morgan fingerprint density at radius 2 is 1.91 bits per heavy atom. The molecule has 0 aliphatic heterocycles. The van der Waals surface area contributed by atoms with Crippen molar-refractivity contribution in [3.05, 3.63) is 54.7 Å². The van der Waals surface area contributed by atoms with E-state index in [0.717, 1.165) is 39.1 Å². The average Bonchev–Trinajstić information content (AvgIpc) is 3.05. The van der Waals surface area contributed by atoms with Gasteiger partial charge >= 0.3 is 0 Å². The molecule has 0 saturated carbocycles. The van der Waals surface area contributed by atoms with Crippen LogP contribution in [0.2, 0.25) is 0 Å². The highest BCUT2D eigenvalue weighted by Crippen LogP contribution is 2.34. The zero-order valence-electron chi connectivity index (χ0n) is 12.0. The maximum absolute atomic E-state index is 5.46. The molecule has 2 heterocycles. The smallest absolute Gasteiger partial charge is 0.157 e. The first-order chi connectivity index (χ1) is 10.9. The number of hydrogen-bond acceptors (Lipinski definition) is 4. The maximum atomic E-state index is 5.46. The third-order valence-electron chi connectivity index (χ3n) is 3.64. The van der Waals surface area contributed by atoms with Crippen molar-refractivity contribution in [1.29, 1.82) is 0 Å². The molecule has 22 heavy (non-hydrogen) atoms. The van der Waals surface area contributed by atoms with E-state index >= 15 is 0 Å². The minimum atomic E-state index is 0.749. The molecule has 2 aromatic heterocycles. The molecule has 5 heteroatoms. The van der Waals surface area contributed by atoms with Gasteiger partial charge < -0.3 is 10.1 Å². The number of fused-ring (bicyclic) bond motifs is 3. The van der Waals surface area contributed by atoms with Crippen LogP contribution in [0.3, 0.4) is 0 Å². The van der Waals surface area contributed by atoms with Gasteiger partial charge in [-0.25, -0.2) is 4.98 Å². The second-order valence-corrected chi connectivity index (χ2v) is 4.96. The van der Waals surface area contributed by atoms with Gasteiger partial charge in [0, 0.05) is 11.1 Å². The van der Waals surface area contributed by atoms with Crippen LogP contribution in [-0.4, -0.2) is 22.3 Å². The first kappa shape index (κ1) is 12.6. The summed E-state index contributed by atoms with van der Waals surface area (Å²) in [6.07, 6.45) is 1.80. The number of anilines is 2. The van der Waals surface area contributed by atoms with E-state index in [1.54, 1.807) is 13.3 Å². The zero-order valence-corrected chi connectivity index (χ0v) is 12.0. The molecule has 4 aromatic rings. The molecule has 0 unspecified atom stereocenters. The quantitative estimate of drug-likeness (QED) is 0.601. The molecule has 108 valence electrons. The van der Waals surface area contributed by atoms with Gasteiger partial charge in [-0.15, -0.1) is 0 Å². The van der Waals surface area contributed by atoms with Crippen LogP contribution in [0, 0.1) is 0 Å². The van der Waals surface area contributed by atoms with E-state index < -0.39 is 0 Å². The lowest BCUT2D eigenvalue weighted by Gasteiger charge is -2.10. The minimum absolute atomic E-state index is 0.749. The van der Waals surface area contributed by atoms with Crippen molar-refractivity contribution in [2.45, 2.75) is 0 Å². The molecule has 0 bridgehead atoms. The van der Waals surface area contributed by atoms with Crippen molar-refractivity contribution in [3.8, 4) is 5.75 Å².